The van der Waals surface area contributed by atoms with Crippen molar-refractivity contribution in [1.29, 1.82) is 0 Å². The second kappa shape index (κ2) is 25.3. The number of anilines is 2. The van der Waals surface area contributed by atoms with E-state index in [0.29, 0.717) is 63.2 Å². The van der Waals surface area contributed by atoms with E-state index in [1.165, 1.54) is 39.4 Å². The van der Waals surface area contributed by atoms with Gasteiger partial charge in [-0.3, -0.25) is 19.2 Å². The highest BCUT2D eigenvalue weighted by molar-refractivity contribution is 6.00. The zero-order valence-electron chi connectivity index (χ0n) is 44.1. The molecule has 5 aromatic rings. The number of piperidine rings is 2. The maximum atomic E-state index is 15.1. The predicted octanol–water partition coefficient (Wildman–Crippen LogP) is 10.9. The lowest BCUT2D eigenvalue weighted by Crippen LogP contribution is -2.45. The molecule has 2 fully saturated rings. The predicted molar refractivity (Wildman–Crippen MR) is 271 cm³/mol. The van der Waals surface area contributed by atoms with Gasteiger partial charge in [-0.2, -0.15) is 26.3 Å². The van der Waals surface area contributed by atoms with Gasteiger partial charge in [-0.1, -0.05) is 54.6 Å². The molecule has 1 N–H and O–H groups in total. The Bertz CT molecular complexity index is 2950. The van der Waals surface area contributed by atoms with Crippen LogP contribution in [0.2, 0.25) is 0 Å². The fraction of sp³-hybridized carbons (Fsp3) is 0.418. The maximum Gasteiger partial charge on any atom is 0.471 e. The first-order chi connectivity index (χ1) is 37.0. The van der Waals surface area contributed by atoms with Gasteiger partial charge in [0.05, 0.1) is 19.6 Å². The molecular formula is C55H59F8N7O9. The minimum atomic E-state index is -5.14. The summed E-state index contributed by atoms with van der Waals surface area (Å²) < 4.78 is 121. The maximum absolute atomic E-state index is 15.1. The van der Waals surface area contributed by atoms with Crippen molar-refractivity contribution >= 4 is 47.1 Å². The fourth-order valence-corrected chi connectivity index (χ4v) is 8.34. The molecule has 3 heterocycles. The summed E-state index contributed by atoms with van der Waals surface area (Å²) in [5, 5.41) is 7.78. The Hall–Kier alpha value is -7.92. The van der Waals surface area contributed by atoms with Crippen LogP contribution in [0.4, 0.5) is 56.1 Å². The first kappa shape index (κ1) is 60.3. The minimum absolute atomic E-state index is 0.0219. The van der Waals surface area contributed by atoms with E-state index >= 15 is 8.78 Å². The van der Waals surface area contributed by atoms with E-state index in [-0.39, 0.29) is 47.2 Å². The summed E-state index contributed by atoms with van der Waals surface area (Å²) in [6, 6.07) is 24.5. The average molecular weight is 1110 g/mol. The van der Waals surface area contributed by atoms with Gasteiger partial charge in [0.1, 0.15) is 22.8 Å². The smallest absolute Gasteiger partial charge is 0.444 e. The number of rotatable bonds is 12. The van der Waals surface area contributed by atoms with Crippen molar-refractivity contribution in [2.45, 2.75) is 104 Å². The van der Waals surface area contributed by atoms with Gasteiger partial charge >= 0.3 is 36.3 Å². The molecule has 2 aliphatic heterocycles. The Balaban J connectivity index is 0.000000255. The number of ketones is 1. The number of halogens is 8. The van der Waals surface area contributed by atoms with E-state index in [2.05, 4.69) is 14.6 Å². The summed E-state index contributed by atoms with van der Waals surface area (Å²) >= 11 is 0. The monoisotopic (exact) mass is 1110 g/mol. The van der Waals surface area contributed by atoms with E-state index in [0.717, 1.165) is 12.1 Å². The second-order valence-corrected chi connectivity index (χ2v) is 20.6. The third-order valence-electron chi connectivity index (χ3n) is 12.3. The average Bonchev–Trinajstić information content (AvgIpc) is 3.93. The number of hydrogen-bond acceptors (Lipinski definition) is 11. The molecule has 0 bridgehead atoms. The van der Waals surface area contributed by atoms with Gasteiger partial charge in [-0.15, -0.1) is 10.2 Å². The Morgan fingerprint density at radius 1 is 0.608 bits per heavy atom. The number of benzene rings is 4. The van der Waals surface area contributed by atoms with Crippen molar-refractivity contribution < 1.29 is 77.8 Å². The second-order valence-electron chi connectivity index (χ2n) is 20.6. The van der Waals surface area contributed by atoms with Gasteiger partial charge in [-0.25, -0.2) is 18.4 Å². The number of para-hydroxylation sites is 2. The zero-order valence-corrected chi connectivity index (χ0v) is 44.1. The minimum Gasteiger partial charge on any atom is -0.444 e. The van der Waals surface area contributed by atoms with Crippen LogP contribution >= 0.6 is 0 Å². The SMILES string of the molecule is CC(C)(C)OC(=O)N1CCC(C(=O)N(Cc2ccc(-c3nnc(C(F)(F)F)o3)cc2F)c2ccccc2)CC1.CC(C)(C)OC(=O)N1CCC(C(=O)N(Cc2ccc(C(=O)CNC(=O)C(F)(F)F)cc2F)c2ccccc2)CC1. The van der Waals surface area contributed by atoms with Gasteiger partial charge in [0.25, 0.3) is 0 Å². The summed E-state index contributed by atoms with van der Waals surface area (Å²) in [4.78, 5) is 81.2. The number of ether oxygens (including phenoxy) is 2. The summed E-state index contributed by atoms with van der Waals surface area (Å²) in [7, 11) is 0. The number of aromatic nitrogens is 2. The molecular weight excluding hydrogens is 1050 g/mol. The molecule has 0 saturated carbocycles. The van der Waals surface area contributed by atoms with Crippen molar-refractivity contribution in [3.63, 3.8) is 0 Å². The molecule has 2 aliphatic rings. The fourth-order valence-electron chi connectivity index (χ4n) is 8.34. The molecule has 0 radical (unpaired) electrons. The van der Waals surface area contributed by atoms with E-state index in [1.807, 2.05) is 0 Å². The number of carbonyl (C=O) groups excluding carboxylic acids is 6. The lowest BCUT2D eigenvalue weighted by Gasteiger charge is -2.35. The van der Waals surface area contributed by atoms with Gasteiger partial charge < -0.3 is 38.8 Å². The van der Waals surface area contributed by atoms with Crippen molar-refractivity contribution in [2.24, 2.45) is 11.8 Å². The molecule has 424 valence electrons. The van der Waals surface area contributed by atoms with Gasteiger partial charge in [0.15, 0.2) is 5.78 Å². The number of amides is 5. The molecule has 1 aromatic heterocycles. The number of carbonyl (C=O) groups is 6. The number of Topliss-reactive ketones (excluding diaryl/α,β-unsaturated/α-hetero) is 1. The van der Waals surface area contributed by atoms with E-state index in [1.54, 1.807) is 112 Å². The van der Waals surface area contributed by atoms with Crippen LogP contribution in [0, 0.1) is 23.5 Å². The van der Waals surface area contributed by atoms with Crippen LogP contribution in [0.5, 0.6) is 0 Å². The van der Waals surface area contributed by atoms with Crippen LogP contribution in [-0.2, 0) is 43.1 Å². The first-order valence-corrected chi connectivity index (χ1v) is 25.0. The number of likely N-dealkylation sites (tertiary alicyclic amines) is 2. The molecule has 2 saturated heterocycles. The highest BCUT2D eigenvalue weighted by atomic mass is 19.4. The Morgan fingerprint density at radius 3 is 1.42 bits per heavy atom. The molecule has 16 nitrogen and oxygen atoms in total. The van der Waals surface area contributed by atoms with E-state index in [4.69, 9.17) is 9.47 Å². The number of alkyl halides is 6. The Morgan fingerprint density at radius 2 is 1.04 bits per heavy atom. The Labute approximate surface area is 450 Å². The van der Waals surface area contributed by atoms with Crippen molar-refractivity contribution in [3.8, 4) is 11.5 Å². The van der Waals surface area contributed by atoms with Crippen LogP contribution in [0.15, 0.2) is 101 Å². The van der Waals surface area contributed by atoms with Crippen molar-refractivity contribution in [1.82, 2.24) is 25.3 Å². The van der Waals surface area contributed by atoms with E-state index in [9.17, 15) is 55.1 Å². The first-order valence-electron chi connectivity index (χ1n) is 25.0. The lowest BCUT2D eigenvalue weighted by atomic mass is 9.94. The molecule has 4 aromatic carbocycles. The summed E-state index contributed by atoms with van der Waals surface area (Å²) in [5.74, 6) is -8.06. The summed E-state index contributed by atoms with van der Waals surface area (Å²) in [6.07, 6.45) is -9.23. The van der Waals surface area contributed by atoms with Crippen LogP contribution in [0.1, 0.15) is 94.6 Å². The topological polar surface area (TPSA) is 185 Å². The van der Waals surface area contributed by atoms with Gasteiger partial charge in [0.2, 0.25) is 17.7 Å². The van der Waals surface area contributed by atoms with Crippen LogP contribution < -0.4 is 15.1 Å². The normalized spacial score (nSPS) is 14.6. The summed E-state index contributed by atoms with van der Waals surface area (Å²) in [5.41, 5.74) is -0.199. The quantitative estimate of drug-likeness (QED) is 0.0926. The molecule has 24 heteroatoms. The molecule has 79 heavy (non-hydrogen) atoms. The molecule has 0 spiro atoms. The zero-order chi connectivity index (χ0) is 58.0. The third-order valence-corrected chi connectivity index (χ3v) is 12.3. The van der Waals surface area contributed by atoms with E-state index < -0.39 is 89.2 Å². The number of nitrogens with one attached hydrogen (secondary N) is 1. The highest BCUT2D eigenvalue weighted by Crippen LogP contribution is 2.33. The summed E-state index contributed by atoms with van der Waals surface area (Å²) in [6.45, 7) is 10.8. The Kier molecular flexibility index (Phi) is 19.3. The van der Waals surface area contributed by atoms with Crippen LogP contribution in [-0.4, -0.2) is 106 Å². The molecule has 7 rings (SSSR count). The van der Waals surface area contributed by atoms with Gasteiger partial charge in [-0.05, 0) is 110 Å². The number of nitrogens with zero attached hydrogens (tertiary/aromatic N) is 6. The van der Waals surface area contributed by atoms with Crippen molar-refractivity contribution in [3.05, 3.63) is 131 Å². The van der Waals surface area contributed by atoms with Gasteiger partial charge in [0, 0.05) is 71.6 Å². The standard InChI is InChI=1S/C28H31F4N3O5.C27H28F4N4O4/c1-27(2,3)40-26(39)34-13-11-18(12-14-34)24(37)35(21-7-5-4-6-8-21)17-20-10-9-19(15-22(20)29)23(36)16-33-25(38)28(30,31)32;1-26(2,3)39-25(37)34-13-11-17(12-14-34)23(36)35(20-7-5-4-6-8-20)16-19-10-9-18(15-21(19)28)22-32-33-24(38-22)27(29,30)31/h4-10,15,18H,11-14,16-17H2,1-3H3,(H,33,38);4-10,15,17H,11-14,16H2,1-3H3. The van der Waals surface area contributed by atoms with Crippen molar-refractivity contribution in [2.75, 3.05) is 42.5 Å². The van der Waals surface area contributed by atoms with Crippen LogP contribution in [0.25, 0.3) is 11.5 Å². The molecule has 0 aliphatic carbocycles. The molecule has 0 unspecified atom stereocenters. The third kappa shape index (κ3) is 17.0. The molecule has 5 amide bonds. The number of hydrogen-bond donors (Lipinski definition) is 1. The molecule has 0 atom stereocenters. The highest BCUT2D eigenvalue weighted by Gasteiger charge is 2.40. The van der Waals surface area contributed by atoms with Crippen LogP contribution in [0.3, 0.4) is 0 Å². The lowest BCUT2D eigenvalue weighted by molar-refractivity contribution is -0.173. The largest absolute Gasteiger partial charge is 0.471 e.